The van der Waals surface area contributed by atoms with Crippen molar-refractivity contribution in [3.63, 3.8) is 0 Å². The van der Waals surface area contributed by atoms with Gasteiger partial charge in [0.15, 0.2) is 0 Å². The van der Waals surface area contributed by atoms with E-state index in [0.717, 1.165) is 12.8 Å². The van der Waals surface area contributed by atoms with Gasteiger partial charge in [-0.1, -0.05) is 29.8 Å². The molecule has 20 heavy (non-hydrogen) atoms. The highest BCUT2D eigenvalue weighted by atomic mass is 32.2. The Labute approximate surface area is 124 Å². The quantitative estimate of drug-likeness (QED) is 0.686. The maximum Gasteiger partial charge on any atom is 0.313 e. The summed E-state index contributed by atoms with van der Waals surface area (Å²) in [5.41, 5.74) is 2.49. The number of thioether (sulfide) groups is 1. The maximum atomic E-state index is 11.5. The second-order valence-corrected chi connectivity index (χ2v) is 5.74. The molecule has 0 bridgehead atoms. The number of amides is 1. The topological polar surface area (TPSA) is 66.4 Å². The normalized spacial score (nSPS) is 10.2. The molecule has 0 aromatic heterocycles. The molecular weight excluding hydrogens is 274 g/mol. The van der Waals surface area contributed by atoms with Crippen LogP contribution in [0.5, 0.6) is 0 Å². The van der Waals surface area contributed by atoms with Crippen LogP contribution in [0.25, 0.3) is 0 Å². The van der Waals surface area contributed by atoms with E-state index in [-0.39, 0.29) is 11.7 Å². The van der Waals surface area contributed by atoms with Crippen molar-refractivity contribution in [1.82, 2.24) is 5.32 Å². The van der Waals surface area contributed by atoms with Gasteiger partial charge < -0.3 is 10.4 Å². The molecule has 1 amide bonds. The molecule has 0 saturated heterocycles. The van der Waals surface area contributed by atoms with Crippen molar-refractivity contribution in [2.24, 2.45) is 0 Å². The summed E-state index contributed by atoms with van der Waals surface area (Å²) in [6, 6.07) is 8.34. The van der Waals surface area contributed by atoms with E-state index in [1.54, 1.807) is 0 Å². The van der Waals surface area contributed by atoms with Crippen LogP contribution in [-0.4, -0.2) is 35.0 Å². The van der Waals surface area contributed by atoms with Gasteiger partial charge in [0.2, 0.25) is 5.91 Å². The molecule has 0 aliphatic heterocycles. The summed E-state index contributed by atoms with van der Waals surface area (Å²) in [7, 11) is 0. The van der Waals surface area contributed by atoms with Crippen molar-refractivity contribution >= 4 is 23.6 Å². The lowest BCUT2D eigenvalue weighted by atomic mass is 10.1. The molecule has 0 spiro atoms. The second-order valence-electron chi connectivity index (χ2n) is 4.64. The molecular formula is C15H21NO3S. The van der Waals surface area contributed by atoms with Crippen molar-refractivity contribution in [3.05, 3.63) is 35.4 Å². The van der Waals surface area contributed by atoms with Crippen LogP contribution in [0, 0.1) is 6.92 Å². The van der Waals surface area contributed by atoms with E-state index >= 15 is 0 Å². The zero-order chi connectivity index (χ0) is 14.8. The van der Waals surface area contributed by atoms with Crippen LogP contribution in [0.15, 0.2) is 24.3 Å². The third-order valence-electron chi connectivity index (χ3n) is 2.78. The van der Waals surface area contributed by atoms with Gasteiger partial charge in [0.1, 0.15) is 0 Å². The summed E-state index contributed by atoms with van der Waals surface area (Å²) in [5.74, 6) is -0.0632. The smallest absolute Gasteiger partial charge is 0.313 e. The number of carbonyl (C=O) groups is 2. The standard InChI is InChI=1S/C15H21NO3S/c1-12-5-7-13(8-6-12)3-2-4-14(17)16-9-10-20-11-15(18)19/h5-8H,2-4,9-11H2,1H3,(H,16,17)(H,18,19). The SMILES string of the molecule is Cc1ccc(CCCC(=O)NCCSCC(=O)O)cc1. The van der Waals surface area contributed by atoms with Crippen LogP contribution in [-0.2, 0) is 16.0 Å². The molecule has 0 unspecified atom stereocenters. The summed E-state index contributed by atoms with van der Waals surface area (Å²) in [6.07, 6.45) is 2.25. The lowest BCUT2D eigenvalue weighted by molar-refractivity contribution is -0.133. The van der Waals surface area contributed by atoms with Gasteiger partial charge in [0.25, 0.3) is 0 Å². The average Bonchev–Trinajstić information content (AvgIpc) is 2.40. The number of nitrogens with one attached hydrogen (secondary N) is 1. The first-order valence-electron chi connectivity index (χ1n) is 6.69. The summed E-state index contributed by atoms with van der Waals surface area (Å²) in [4.78, 5) is 21.8. The van der Waals surface area contributed by atoms with E-state index in [0.29, 0.717) is 18.7 Å². The number of rotatable bonds is 9. The molecule has 1 rings (SSSR count). The first kappa shape index (κ1) is 16.6. The number of aliphatic carboxylic acids is 1. The molecule has 0 aliphatic carbocycles. The fourth-order valence-corrected chi connectivity index (χ4v) is 2.28. The average molecular weight is 295 g/mol. The van der Waals surface area contributed by atoms with Gasteiger partial charge in [0.05, 0.1) is 5.75 Å². The van der Waals surface area contributed by atoms with Crippen LogP contribution in [0.1, 0.15) is 24.0 Å². The van der Waals surface area contributed by atoms with Crippen molar-refractivity contribution < 1.29 is 14.7 Å². The van der Waals surface area contributed by atoms with Crippen molar-refractivity contribution in [2.45, 2.75) is 26.2 Å². The van der Waals surface area contributed by atoms with E-state index in [2.05, 4.69) is 36.5 Å². The Morgan fingerprint density at radius 1 is 1.25 bits per heavy atom. The predicted octanol–water partition coefficient (Wildman–Crippen LogP) is 2.25. The number of benzene rings is 1. The largest absolute Gasteiger partial charge is 0.481 e. The van der Waals surface area contributed by atoms with Gasteiger partial charge in [-0.05, 0) is 25.3 Å². The molecule has 0 fully saturated rings. The van der Waals surface area contributed by atoms with Gasteiger partial charge in [-0.25, -0.2) is 0 Å². The van der Waals surface area contributed by atoms with Crippen LogP contribution in [0.4, 0.5) is 0 Å². The fraction of sp³-hybridized carbons (Fsp3) is 0.467. The number of hydrogen-bond acceptors (Lipinski definition) is 3. The molecule has 0 radical (unpaired) electrons. The molecule has 110 valence electrons. The Bertz CT molecular complexity index is 431. The van der Waals surface area contributed by atoms with E-state index in [9.17, 15) is 9.59 Å². The molecule has 0 atom stereocenters. The van der Waals surface area contributed by atoms with Crippen molar-refractivity contribution in [1.29, 1.82) is 0 Å². The molecule has 0 aliphatic rings. The van der Waals surface area contributed by atoms with Crippen molar-refractivity contribution in [3.8, 4) is 0 Å². The predicted molar refractivity (Wildman–Crippen MR) is 82.1 cm³/mol. The Hall–Kier alpha value is -1.49. The fourth-order valence-electron chi connectivity index (χ4n) is 1.72. The van der Waals surface area contributed by atoms with Gasteiger partial charge >= 0.3 is 5.97 Å². The van der Waals surface area contributed by atoms with Crippen LogP contribution >= 0.6 is 11.8 Å². The van der Waals surface area contributed by atoms with Gasteiger partial charge in [0, 0.05) is 18.7 Å². The highest BCUT2D eigenvalue weighted by Crippen LogP contribution is 2.07. The Morgan fingerprint density at radius 3 is 2.60 bits per heavy atom. The van der Waals surface area contributed by atoms with Crippen LogP contribution in [0.2, 0.25) is 0 Å². The monoisotopic (exact) mass is 295 g/mol. The first-order chi connectivity index (χ1) is 9.58. The van der Waals surface area contributed by atoms with Crippen LogP contribution in [0.3, 0.4) is 0 Å². The third-order valence-corrected chi connectivity index (χ3v) is 3.73. The minimum atomic E-state index is -0.820. The Balaban J connectivity index is 2.05. The van der Waals surface area contributed by atoms with Crippen molar-refractivity contribution in [2.75, 3.05) is 18.1 Å². The zero-order valence-electron chi connectivity index (χ0n) is 11.7. The van der Waals surface area contributed by atoms with Crippen LogP contribution < -0.4 is 5.32 Å². The van der Waals surface area contributed by atoms with Gasteiger partial charge in [-0.3, -0.25) is 9.59 Å². The van der Waals surface area contributed by atoms with Gasteiger partial charge in [-0.15, -0.1) is 11.8 Å². The number of carboxylic acid groups (broad SMARTS) is 1. The molecule has 1 aromatic rings. The molecule has 0 heterocycles. The number of carbonyl (C=O) groups excluding carboxylic acids is 1. The first-order valence-corrected chi connectivity index (χ1v) is 7.85. The second kappa shape index (κ2) is 9.42. The molecule has 4 nitrogen and oxygen atoms in total. The molecule has 1 aromatic carbocycles. The zero-order valence-corrected chi connectivity index (χ0v) is 12.5. The maximum absolute atomic E-state index is 11.5. The molecule has 2 N–H and O–H groups in total. The Morgan fingerprint density at radius 2 is 1.95 bits per heavy atom. The van der Waals surface area contributed by atoms with Gasteiger partial charge in [-0.2, -0.15) is 0 Å². The highest BCUT2D eigenvalue weighted by molar-refractivity contribution is 7.99. The third kappa shape index (κ3) is 7.84. The summed E-state index contributed by atoms with van der Waals surface area (Å²) in [6.45, 7) is 2.58. The minimum absolute atomic E-state index is 0.0352. The number of carboxylic acids is 1. The highest BCUT2D eigenvalue weighted by Gasteiger charge is 2.02. The van der Waals surface area contributed by atoms with E-state index in [1.165, 1.54) is 22.9 Å². The summed E-state index contributed by atoms with van der Waals surface area (Å²) >= 11 is 1.31. The van der Waals surface area contributed by atoms with E-state index in [1.807, 2.05) is 0 Å². The minimum Gasteiger partial charge on any atom is -0.481 e. The lowest BCUT2D eigenvalue weighted by Gasteiger charge is -2.05. The summed E-state index contributed by atoms with van der Waals surface area (Å²) < 4.78 is 0. The Kier molecular flexibility index (Phi) is 7.80. The molecule has 5 heteroatoms. The number of hydrogen-bond donors (Lipinski definition) is 2. The molecule has 0 saturated carbocycles. The van der Waals surface area contributed by atoms with E-state index in [4.69, 9.17) is 5.11 Å². The van der Waals surface area contributed by atoms with E-state index < -0.39 is 5.97 Å². The summed E-state index contributed by atoms with van der Waals surface area (Å²) in [5, 5.41) is 11.3. The lowest BCUT2D eigenvalue weighted by Crippen LogP contribution is -2.25. The number of aryl methyl sites for hydroxylation is 2.